The number of halogens is 1. The number of carbonyl (C=O) groups is 4. The Morgan fingerprint density at radius 3 is 2.58 bits per heavy atom. The van der Waals surface area contributed by atoms with Crippen LogP contribution >= 0.6 is 15.9 Å². The van der Waals surface area contributed by atoms with Gasteiger partial charge in [-0.25, -0.2) is 0 Å². The maximum atomic E-state index is 14.4. The second kappa shape index (κ2) is 13.7. The topological polar surface area (TPSA) is 125 Å². The number of benzene rings is 1. The van der Waals surface area contributed by atoms with Gasteiger partial charge in [-0.15, -0.1) is 0 Å². The van der Waals surface area contributed by atoms with Gasteiger partial charge in [-0.05, 0) is 37.3 Å². The molecule has 10 nitrogen and oxygen atoms in total. The van der Waals surface area contributed by atoms with Crippen LogP contribution in [0.25, 0.3) is 0 Å². The minimum atomic E-state index is -1.33. The summed E-state index contributed by atoms with van der Waals surface area (Å²) in [4.78, 5) is 58.6. The molecule has 2 fully saturated rings. The largest absolute Gasteiger partial charge is 0.455 e. The SMILES string of the molecule is CCCCN1C/C=C\CCC(=O)NC[C@@H](c2ccccc2)OC(=O)[C@@H]2[C@H]3O[C@@]4(C=C3Br)[C@H](C1=O)N(CCCCO)C(=O)[C@@H]24. The fourth-order valence-electron chi connectivity index (χ4n) is 6.66. The van der Waals surface area contributed by atoms with Crippen molar-refractivity contribution in [1.29, 1.82) is 0 Å². The van der Waals surface area contributed by atoms with Crippen molar-refractivity contribution < 1.29 is 33.8 Å². The lowest BCUT2D eigenvalue weighted by molar-refractivity contribution is -0.159. The van der Waals surface area contributed by atoms with Crippen LogP contribution in [0.5, 0.6) is 0 Å². The van der Waals surface area contributed by atoms with E-state index in [-0.39, 0.29) is 43.8 Å². The maximum Gasteiger partial charge on any atom is 0.313 e. The number of nitrogens with zero attached hydrogens (tertiary/aromatic N) is 2. The minimum Gasteiger partial charge on any atom is -0.455 e. The van der Waals surface area contributed by atoms with Gasteiger partial charge in [0.15, 0.2) is 0 Å². The van der Waals surface area contributed by atoms with E-state index in [1.54, 1.807) is 15.9 Å². The third-order valence-corrected chi connectivity index (χ3v) is 9.46. The molecule has 5 rings (SSSR count). The Bertz CT molecular complexity index is 1270. The van der Waals surface area contributed by atoms with Crippen molar-refractivity contribution in [2.75, 3.05) is 32.8 Å². The molecule has 232 valence electrons. The molecule has 0 radical (unpaired) electrons. The van der Waals surface area contributed by atoms with Crippen LogP contribution in [0.15, 0.2) is 53.0 Å². The first-order valence-corrected chi connectivity index (χ1v) is 16.0. The standard InChI is InChI=1S/C32H40BrN3O7/c1-2-3-15-35-16-9-5-8-14-24(38)34-20-23(21-12-6-4-7-13-21)42-31(41)25-26-29(39)36(17-10-11-18-37)28(30(35)40)32(26)19-22(33)27(25)43-32/h4-7,9,12-13,19,23,25-28,37H,2-3,8,10-11,14-18,20H2,1H3,(H,34,38)/b9-5-/t23-,25-,26+,27-,28-,32+/m0/s1. The van der Waals surface area contributed by atoms with Crippen molar-refractivity contribution >= 4 is 39.6 Å². The second-order valence-electron chi connectivity index (χ2n) is 11.6. The third kappa shape index (κ3) is 6.17. The summed E-state index contributed by atoms with van der Waals surface area (Å²) in [5.41, 5.74) is -0.621. The van der Waals surface area contributed by atoms with Gasteiger partial charge < -0.3 is 29.7 Å². The molecule has 0 saturated carbocycles. The number of carbonyl (C=O) groups excluding carboxylic acids is 4. The van der Waals surface area contributed by atoms with Crippen molar-refractivity contribution in [3.8, 4) is 0 Å². The number of allylic oxidation sites excluding steroid dienone is 1. The summed E-state index contributed by atoms with van der Waals surface area (Å²) in [6.45, 7) is 3.18. The number of aliphatic hydroxyl groups is 1. The Kier molecular flexibility index (Phi) is 10.0. The first-order valence-electron chi connectivity index (χ1n) is 15.3. The zero-order valence-corrected chi connectivity index (χ0v) is 26.0. The Hall–Kier alpha value is -3.02. The van der Waals surface area contributed by atoms with E-state index in [2.05, 4.69) is 21.2 Å². The number of rotatable bonds is 8. The highest BCUT2D eigenvalue weighted by molar-refractivity contribution is 9.11. The highest BCUT2D eigenvalue weighted by atomic mass is 79.9. The van der Waals surface area contributed by atoms with Crippen molar-refractivity contribution in [3.63, 3.8) is 0 Å². The number of hydrogen-bond acceptors (Lipinski definition) is 7. The highest BCUT2D eigenvalue weighted by Crippen LogP contribution is 2.59. The van der Waals surface area contributed by atoms with Gasteiger partial charge >= 0.3 is 5.97 Å². The van der Waals surface area contributed by atoms with Gasteiger partial charge in [0.05, 0.1) is 12.5 Å². The van der Waals surface area contributed by atoms with E-state index in [0.717, 1.165) is 12.8 Å². The summed E-state index contributed by atoms with van der Waals surface area (Å²) in [6, 6.07) is 8.21. The summed E-state index contributed by atoms with van der Waals surface area (Å²) in [6.07, 6.45) is 7.42. The van der Waals surface area contributed by atoms with Crippen LogP contribution in [-0.2, 0) is 28.7 Å². The summed E-state index contributed by atoms with van der Waals surface area (Å²) in [5, 5.41) is 12.3. The first kappa shape index (κ1) is 31.4. The molecule has 0 unspecified atom stereocenters. The number of fused-ring (bicyclic) bond motifs is 2. The molecule has 5 bridgehead atoms. The Morgan fingerprint density at radius 2 is 1.84 bits per heavy atom. The maximum absolute atomic E-state index is 14.4. The average molecular weight is 659 g/mol. The van der Waals surface area contributed by atoms with E-state index in [9.17, 15) is 24.3 Å². The van der Waals surface area contributed by atoms with Crippen LogP contribution < -0.4 is 5.32 Å². The van der Waals surface area contributed by atoms with Gasteiger partial charge in [-0.1, -0.05) is 71.8 Å². The van der Waals surface area contributed by atoms with Gasteiger partial charge in [-0.3, -0.25) is 19.2 Å². The molecule has 4 aliphatic rings. The Labute approximate surface area is 260 Å². The molecule has 2 N–H and O–H groups in total. The summed E-state index contributed by atoms with van der Waals surface area (Å²) in [5.74, 6) is -3.28. The number of hydrogen-bond donors (Lipinski definition) is 2. The second-order valence-corrected chi connectivity index (χ2v) is 12.5. The Balaban J connectivity index is 1.56. The zero-order chi connectivity index (χ0) is 30.6. The van der Waals surface area contributed by atoms with E-state index in [0.29, 0.717) is 42.4 Å². The lowest BCUT2D eigenvalue weighted by atomic mass is 9.74. The number of cyclic esters (lactones) is 1. The number of aliphatic hydroxyl groups excluding tert-OH is 1. The van der Waals surface area contributed by atoms with Crippen LogP contribution in [0.4, 0.5) is 0 Å². The number of ether oxygens (including phenoxy) is 2. The first-order chi connectivity index (χ1) is 20.8. The fraction of sp³-hybridized carbons (Fsp3) is 0.562. The minimum absolute atomic E-state index is 0.0287. The summed E-state index contributed by atoms with van der Waals surface area (Å²) >= 11 is 3.58. The number of esters is 1. The van der Waals surface area contributed by atoms with E-state index < -0.39 is 41.7 Å². The molecule has 0 aromatic heterocycles. The smallest absolute Gasteiger partial charge is 0.313 e. The quantitative estimate of drug-likeness (QED) is 0.250. The molecule has 4 aliphatic heterocycles. The normalized spacial score (nSPS) is 32.0. The molecule has 3 amide bonds. The van der Waals surface area contributed by atoms with Gasteiger partial charge in [0.1, 0.15) is 29.8 Å². The molecule has 1 aromatic carbocycles. The van der Waals surface area contributed by atoms with Crippen molar-refractivity contribution in [2.45, 2.75) is 69.3 Å². The lowest BCUT2D eigenvalue weighted by Gasteiger charge is -2.36. The monoisotopic (exact) mass is 657 g/mol. The van der Waals surface area contributed by atoms with Gasteiger partial charge in [0.2, 0.25) is 17.7 Å². The lowest BCUT2D eigenvalue weighted by Crippen LogP contribution is -2.56. The molecule has 2 saturated heterocycles. The molecule has 43 heavy (non-hydrogen) atoms. The van der Waals surface area contributed by atoms with Crippen LogP contribution in [0.3, 0.4) is 0 Å². The third-order valence-electron chi connectivity index (χ3n) is 8.78. The van der Waals surface area contributed by atoms with E-state index >= 15 is 0 Å². The van der Waals surface area contributed by atoms with Gasteiger partial charge in [0, 0.05) is 37.1 Å². The van der Waals surface area contributed by atoms with Gasteiger partial charge in [-0.2, -0.15) is 0 Å². The highest BCUT2D eigenvalue weighted by Gasteiger charge is 2.74. The molecule has 1 spiro atoms. The average Bonchev–Trinajstić information content (AvgIpc) is 3.59. The number of amides is 3. The molecule has 4 heterocycles. The van der Waals surface area contributed by atoms with Crippen molar-refractivity contribution in [3.05, 3.63) is 58.6 Å². The van der Waals surface area contributed by atoms with Crippen molar-refractivity contribution in [1.82, 2.24) is 15.1 Å². The molecule has 11 heteroatoms. The van der Waals surface area contributed by atoms with Crippen LogP contribution in [0, 0.1) is 11.8 Å². The predicted molar refractivity (Wildman–Crippen MR) is 162 cm³/mol. The number of nitrogens with one attached hydrogen (secondary N) is 1. The van der Waals surface area contributed by atoms with E-state index in [1.165, 1.54) is 0 Å². The number of unbranched alkanes of at least 4 members (excludes halogenated alkanes) is 2. The van der Waals surface area contributed by atoms with Crippen molar-refractivity contribution in [2.24, 2.45) is 11.8 Å². The van der Waals surface area contributed by atoms with Crippen LogP contribution in [0.1, 0.15) is 57.1 Å². The summed E-state index contributed by atoms with van der Waals surface area (Å²) in [7, 11) is 0. The molecular formula is C32H40BrN3O7. The van der Waals surface area contributed by atoms with E-state index in [1.807, 2.05) is 49.4 Å². The number of likely N-dealkylation sites (tertiary alicyclic amines) is 1. The molecule has 0 aliphatic carbocycles. The molecule has 6 atom stereocenters. The molecular weight excluding hydrogens is 618 g/mol. The fourth-order valence-corrected chi connectivity index (χ4v) is 7.39. The van der Waals surface area contributed by atoms with Crippen LogP contribution in [0.2, 0.25) is 0 Å². The van der Waals surface area contributed by atoms with E-state index in [4.69, 9.17) is 9.47 Å². The summed E-state index contributed by atoms with van der Waals surface area (Å²) < 4.78 is 13.2. The van der Waals surface area contributed by atoms with Crippen LogP contribution in [-0.4, -0.2) is 89.1 Å². The zero-order valence-electron chi connectivity index (χ0n) is 24.5. The Morgan fingerprint density at radius 1 is 1.05 bits per heavy atom. The predicted octanol–water partition coefficient (Wildman–Crippen LogP) is 3.01. The molecule has 1 aromatic rings. The van der Waals surface area contributed by atoms with Gasteiger partial charge in [0.25, 0.3) is 0 Å².